The molecule has 0 aliphatic heterocycles. The van der Waals surface area contributed by atoms with Crippen LogP contribution in [-0.2, 0) is 11.3 Å². The molecular formula is C22H19ClN4O2. The van der Waals surface area contributed by atoms with Crippen molar-refractivity contribution in [2.75, 3.05) is 11.9 Å². The van der Waals surface area contributed by atoms with Gasteiger partial charge < -0.3 is 15.1 Å². The number of para-hydroxylation sites is 1. The van der Waals surface area contributed by atoms with Gasteiger partial charge in [0.1, 0.15) is 11.6 Å². The Hall–Kier alpha value is -3.38. The summed E-state index contributed by atoms with van der Waals surface area (Å²) in [6.07, 6.45) is 1.89. The first kappa shape index (κ1) is 19.0. The van der Waals surface area contributed by atoms with Crippen molar-refractivity contribution < 1.29 is 9.21 Å². The summed E-state index contributed by atoms with van der Waals surface area (Å²) in [6.45, 7) is 0.811. The summed E-state index contributed by atoms with van der Waals surface area (Å²) in [5.41, 5.74) is 1.57. The van der Waals surface area contributed by atoms with E-state index in [2.05, 4.69) is 20.6 Å². The van der Waals surface area contributed by atoms with E-state index in [0.717, 1.165) is 22.2 Å². The fourth-order valence-corrected chi connectivity index (χ4v) is 3.18. The lowest BCUT2D eigenvalue weighted by atomic mass is 10.2. The van der Waals surface area contributed by atoms with E-state index in [0.29, 0.717) is 36.2 Å². The van der Waals surface area contributed by atoms with Crippen molar-refractivity contribution in [3.05, 3.63) is 77.7 Å². The smallest absolute Gasteiger partial charge is 0.222 e. The predicted octanol–water partition coefficient (Wildman–Crippen LogP) is 4.66. The van der Waals surface area contributed by atoms with Gasteiger partial charge in [0.2, 0.25) is 5.91 Å². The molecule has 2 aromatic heterocycles. The lowest BCUT2D eigenvalue weighted by Gasteiger charge is -2.11. The van der Waals surface area contributed by atoms with Gasteiger partial charge in [0.25, 0.3) is 0 Å². The van der Waals surface area contributed by atoms with Crippen LogP contribution < -0.4 is 10.6 Å². The van der Waals surface area contributed by atoms with E-state index in [4.69, 9.17) is 16.0 Å². The molecule has 0 aliphatic carbocycles. The number of aromatic nitrogens is 2. The summed E-state index contributed by atoms with van der Waals surface area (Å²) in [5.74, 6) is 1.86. The molecule has 0 spiro atoms. The Kier molecular flexibility index (Phi) is 5.72. The van der Waals surface area contributed by atoms with Crippen LogP contribution in [0.15, 0.2) is 71.3 Å². The maximum atomic E-state index is 12.1. The highest BCUT2D eigenvalue weighted by Crippen LogP contribution is 2.29. The van der Waals surface area contributed by atoms with Gasteiger partial charge in [-0.3, -0.25) is 4.79 Å². The third-order valence-corrected chi connectivity index (χ3v) is 4.73. The lowest BCUT2D eigenvalue weighted by Crippen LogP contribution is -2.24. The Morgan fingerprint density at radius 1 is 1.00 bits per heavy atom. The van der Waals surface area contributed by atoms with Crippen molar-refractivity contribution in [2.24, 2.45) is 0 Å². The first-order chi connectivity index (χ1) is 14.2. The summed E-state index contributed by atoms with van der Waals surface area (Å²) in [4.78, 5) is 21.4. The van der Waals surface area contributed by atoms with Gasteiger partial charge in [0.05, 0.1) is 23.3 Å². The maximum Gasteiger partial charge on any atom is 0.222 e. The molecule has 0 saturated carbocycles. The van der Waals surface area contributed by atoms with Crippen molar-refractivity contribution >= 4 is 34.2 Å². The Balaban J connectivity index is 1.49. The summed E-state index contributed by atoms with van der Waals surface area (Å²) in [6, 6.07) is 18.8. The van der Waals surface area contributed by atoms with Crippen LogP contribution >= 0.6 is 11.6 Å². The van der Waals surface area contributed by atoms with Crippen molar-refractivity contribution in [3.63, 3.8) is 0 Å². The molecule has 6 nitrogen and oxygen atoms in total. The van der Waals surface area contributed by atoms with Gasteiger partial charge in [-0.05, 0) is 36.4 Å². The number of carbonyl (C=O) groups is 1. The number of furan rings is 1. The Morgan fingerprint density at radius 3 is 2.66 bits per heavy atom. The fourth-order valence-electron chi connectivity index (χ4n) is 2.96. The van der Waals surface area contributed by atoms with Gasteiger partial charge in [-0.2, -0.15) is 0 Å². The molecule has 2 aromatic carbocycles. The SMILES string of the molecule is O=C(CCNc1nc(-c2ccccc2Cl)nc2ccccc12)NCc1ccco1. The van der Waals surface area contributed by atoms with Crippen LogP contribution in [0.2, 0.25) is 5.02 Å². The molecule has 0 unspecified atom stereocenters. The van der Waals surface area contributed by atoms with E-state index in [-0.39, 0.29) is 5.91 Å². The first-order valence-electron chi connectivity index (χ1n) is 9.25. The number of fused-ring (bicyclic) bond motifs is 1. The Bertz CT molecular complexity index is 1130. The average Bonchev–Trinajstić information content (AvgIpc) is 3.26. The van der Waals surface area contributed by atoms with Crippen molar-refractivity contribution in [3.8, 4) is 11.4 Å². The van der Waals surface area contributed by atoms with E-state index in [9.17, 15) is 4.79 Å². The van der Waals surface area contributed by atoms with Gasteiger partial charge in [0.15, 0.2) is 5.82 Å². The molecule has 2 N–H and O–H groups in total. The van der Waals surface area contributed by atoms with Crippen molar-refractivity contribution in [2.45, 2.75) is 13.0 Å². The fraction of sp³-hybridized carbons (Fsp3) is 0.136. The molecule has 1 amide bonds. The number of nitrogens with zero attached hydrogens (tertiary/aromatic N) is 2. The third kappa shape index (κ3) is 4.55. The molecule has 0 fully saturated rings. The zero-order valence-corrected chi connectivity index (χ0v) is 16.3. The van der Waals surface area contributed by atoms with Crippen LogP contribution in [0.25, 0.3) is 22.3 Å². The van der Waals surface area contributed by atoms with Gasteiger partial charge in [-0.25, -0.2) is 9.97 Å². The minimum Gasteiger partial charge on any atom is -0.467 e. The van der Waals surface area contributed by atoms with Crippen molar-refractivity contribution in [1.29, 1.82) is 0 Å². The van der Waals surface area contributed by atoms with Gasteiger partial charge in [-0.15, -0.1) is 0 Å². The number of carbonyl (C=O) groups excluding carboxylic acids is 1. The van der Waals surface area contributed by atoms with Crippen LogP contribution in [0.5, 0.6) is 0 Å². The second-order valence-electron chi connectivity index (χ2n) is 6.43. The summed E-state index contributed by atoms with van der Waals surface area (Å²) >= 11 is 6.32. The highest BCUT2D eigenvalue weighted by molar-refractivity contribution is 6.33. The highest BCUT2D eigenvalue weighted by atomic mass is 35.5. The van der Waals surface area contributed by atoms with Gasteiger partial charge in [-0.1, -0.05) is 35.9 Å². The van der Waals surface area contributed by atoms with E-state index in [1.165, 1.54) is 0 Å². The standard InChI is InChI=1S/C22H19ClN4O2/c23-18-9-3-1-7-16(18)22-26-19-10-4-2-8-17(19)21(27-22)24-12-11-20(28)25-14-15-6-5-13-29-15/h1-10,13H,11-12,14H2,(H,25,28)(H,24,26,27). The minimum atomic E-state index is -0.0708. The number of hydrogen-bond acceptors (Lipinski definition) is 5. The molecule has 0 saturated heterocycles. The molecule has 0 bridgehead atoms. The zero-order chi connectivity index (χ0) is 20.1. The number of nitrogens with one attached hydrogen (secondary N) is 2. The minimum absolute atomic E-state index is 0.0708. The predicted molar refractivity (Wildman–Crippen MR) is 114 cm³/mol. The summed E-state index contributed by atoms with van der Waals surface area (Å²) < 4.78 is 5.21. The Morgan fingerprint density at radius 2 is 1.83 bits per heavy atom. The summed E-state index contributed by atoms with van der Waals surface area (Å²) in [7, 11) is 0. The molecule has 0 radical (unpaired) electrons. The molecule has 4 aromatic rings. The van der Waals surface area contributed by atoms with Crippen LogP contribution in [0.1, 0.15) is 12.2 Å². The molecule has 4 rings (SSSR count). The number of halogens is 1. The van der Waals surface area contributed by atoms with E-state index in [1.54, 1.807) is 12.3 Å². The quantitative estimate of drug-likeness (QED) is 0.466. The first-order valence-corrected chi connectivity index (χ1v) is 9.63. The summed E-state index contributed by atoms with van der Waals surface area (Å²) in [5, 5.41) is 7.57. The van der Waals surface area contributed by atoms with Crippen molar-refractivity contribution in [1.82, 2.24) is 15.3 Å². The lowest BCUT2D eigenvalue weighted by molar-refractivity contribution is -0.121. The number of amides is 1. The molecule has 0 atom stereocenters. The topological polar surface area (TPSA) is 80.0 Å². The second kappa shape index (κ2) is 8.75. The molecule has 0 aliphatic rings. The largest absolute Gasteiger partial charge is 0.467 e. The molecule has 2 heterocycles. The van der Waals surface area contributed by atoms with Crippen LogP contribution in [0, 0.1) is 0 Å². The van der Waals surface area contributed by atoms with Crippen LogP contribution in [-0.4, -0.2) is 22.4 Å². The van der Waals surface area contributed by atoms with Gasteiger partial charge in [0, 0.05) is 23.9 Å². The normalized spacial score (nSPS) is 10.8. The Labute approximate surface area is 172 Å². The third-order valence-electron chi connectivity index (χ3n) is 4.40. The van der Waals surface area contributed by atoms with Crippen LogP contribution in [0.3, 0.4) is 0 Å². The van der Waals surface area contributed by atoms with E-state index >= 15 is 0 Å². The number of anilines is 1. The van der Waals surface area contributed by atoms with E-state index < -0.39 is 0 Å². The average molecular weight is 407 g/mol. The second-order valence-corrected chi connectivity index (χ2v) is 6.83. The van der Waals surface area contributed by atoms with Crippen LogP contribution in [0.4, 0.5) is 5.82 Å². The molecule has 7 heteroatoms. The monoisotopic (exact) mass is 406 g/mol. The highest BCUT2D eigenvalue weighted by Gasteiger charge is 2.12. The zero-order valence-electron chi connectivity index (χ0n) is 15.6. The van der Waals surface area contributed by atoms with Gasteiger partial charge >= 0.3 is 0 Å². The maximum absolute atomic E-state index is 12.1. The molecular weight excluding hydrogens is 388 g/mol. The number of hydrogen-bond donors (Lipinski definition) is 2. The van der Waals surface area contributed by atoms with E-state index in [1.807, 2.05) is 54.6 Å². The molecule has 146 valence electrons. The number of benzene rings is 2. The molecule has 29 heavy (non-hydrogen) atoms. The number of rotatable bonds is 7.